The number of aromatic amines is 1. The van der Waals surface area contributed by atoms with Crippen molar-refractivity contribution >= 4 is 50.9 Å². The van der Waals surface area contributed by atoms with Crippen molar-refractivity contribution in [1.29, 1.82) is 0 Å². The fourth-order valence-corrected chi connectivity index (χ4v) is 4.95. The number of rotatable bonds is 6. The normalized spacial score (nSPS) is 18.5. The Morgan fingerprint density at radius 1 is 1.22 bits per heavy atom. The molecule has 37 heavy (non-hydrogen) atoms. The second kappa shape index (κ2) is 10.0. The van der Waals surface area contributed by atoms with Gasteiger partial charge >= 0.3 is 0 Å². The van der Waals surface area contributed by atoms with Gasteiger partial charge in [-0.3, -0.25) is 24.5 Å². The lowest BCUT2D eigenvalue weighted by molar-refractivity contribution is -0.143. The standard InChI is InChI=1S/C26H28ClN7O3/c1-15(31-24(35)21-11-29-6-7-30-21)12-34-14-26(2,3)37-13-22(34)25(36)33-19-9-16(27)8-18-17-4-5-28-10-20(17)32-23(18)19/h4-11,15,22,32H,12-14H2,1-3H3,(H,31,35)(H,33,36). The minimum Gasteiger partial charge on any atom is -0.372 e. The van der Waals surface area contributed by atoms with Crippen LogP contribution in [0.15, 0.2) is 49.2 Å². The molecule has 3 aromatic heterocycles. The van der Waals surface area contributed by atoms with Gasteiger partial charge in [-0.05, 0) is 39.0 Å². The zero-order valence-corrected chi connectivity index (χ0v) is 21.5. The fourth-order valence-electron chi connectivity index (χ4n) is 4.73. The van der Waals surface area contributed by atoms with Crippen molar-refractivity contribution in [1.82, 2.24) is 30.2 Å². The number of carbonyl (C=O) groups is 2. The molecule has 2 amide bonds. The van der Waals surface area contributed by atoms with Gasteiger partial charge in [-0.15, -0.1) is 0 Å². The first-order chi connectivity index (χ1) is 17.7. The predicted molar refractivity (Wildman–Crippen MR) is 142 cm³/mol. The molecule has 1 aromatic carbocycles. The number of pyridine rings is 1. The minimum absolute atomic E-state index is 0.212. The SMILES string of the molecule is CC(CN1CC(C)(C)OCC1C(=O)Nc1cc(Cl)cc2c1[nH]c1cnccc12)NC(=O)c1cnccn1. The Kier molecular flexibility index (Phi) is 6.80. The number of fused-ring (bicyclic) bond motifs is 3. The second-order valence-electron chi connectivity index (χ2n) is 9.89. The van der Waals surface area contributed by atoms with E-state index in [-0.39, 0.29) is 30.2 Å². The monoisotopic (exact) mass is 521 g/mol. The number of hydrogen-bond donors (Lipinski definition) is 3. The summed E-state index contributed by atoms with van der Waals surface area (Å²) in [5.41, 5.74) is 2.00. The molecule has 11 heteroatoms. The smallest absolute Gasteiger partial charge is 0.271 e. The van der Waals surface area contributed by atoms with Gasteiger partial charge in [0.05, 0.1) is 41.3 Å². The lowest BCUT2D eigenvalue weighted by Crippen LogP contribution is -2.60. The van der Waals surface area contributed by atoms with Crippen LogP contribution >= 0.6 is 11.6 Å². The molecule has 1 aliphatic rings. The van der Waals surface area contributed by atoms with E-state index >= 15 is 0 Å². The Bertz CT molecular complexity index is 1460. The molecule has 1 saturated heterocycles. The molecule has 10 nitrogen and oxygen atoms in total. The number of halogens is 1. The largest absolute Gasteiger partial charge is 0.372 e. The molecule has 4 aromatic rings. The van der Waals surface area contributed by atoms with Gasteiger partial charge < -0.3 is 20.4 Å². The molecule has 0 radical (unpaired) electrons. The summed E-state index contributed by atoms with van der Waals surface area (Å²) in [5, 5.41) is 8.38. The number of amides is 2. The van der Waals surface area contributed by atoms with Gasteiger partial charge in [0.2, 0.25) is 5.91 Å². The molecule has 192 valence electrons. The highest BCUT2D eigenvalue weighted by atomic mass is 35.5. The predicted octanol–water partition coefficient (Wildman–Crippen LogP) is 3.40. The number of ether oxygens (including phenoxy) is 1. The summed E-state index contributed by atoms with van der Waals surface area (Å²) in [5.74, 6) is -0.535. The summed E-state index contributed by atoms with van der Waals surface area (Å²) in [7, 11) is 0. The highest BCUT2D eigenvalue weighted by molar-refractivity contribution is 6.33. The maximum atomic E-state index is 13.6. The summed E-state index contributed by atoms with van der Waals surface area (Å²) >= 11 is 6.42. The Morgan fingerprint density at radius 3 is 2.81 bits per heavy atom. The van der Waals surface area contributed by atoms with Crippen LogP contribution in [-0.4, -0.2) is 74.0 Å². The molecule has 0 aliphatic carbocycles. The molecule has 0 spiro atoms. The van der Waals surface area contributed by atoms with E-state index in [1.807, 2.05) is 37.8 Å². The first kappa shape index (κ1) is 25.1. The number of hydrogen-bond acceptors (Lipinski definition) is 7. The van der Waals surface area contributed by atoms with E-state index in [9.17, 15) is 9.59 Å². The van der Waals surface area contributed by atoms with Crippen molar-refractivity contribution < 1.29 is 14.3 Å². The van der Waals surface area contributed by atoms with Crippen molar-refractivity contribution in [2.24, 2.45) is 0 Å². The van der Waals surface area contributed by atoms with Crippen LogP contribution in [0.2, 0.25) is 5.02 Å². The number of aromatic nitrogens is 4. The lowest BCUT2D eigenvalue weighted by Gasteiger charge is -2.43. The Balaban J connectivity index is 1.36. The summed E-state index contributed by atoms with van der Waals surface area (Å²) in [6.45, 7) is 7.03. The molecular weight excluding hydrogens is 494 g/mol. The molecule has 1 aliphatic heterocycles. The van der Waals surface area contributed by atoms with Crippen LogP contribution in [0.3, 0.4) is 0 Å². The second-order valence-corrected chi connectivity index (χ2v) is 10.3. The zero-order chi connectivity index (χ0) is 26.2. The van der Waals surface area contributed by atoms with Crippen LogP contribution in [0, 0.1) is 0 Å². The summed E-state index contributed by atoms with van der Waals surface area (Å²) in [6, 6.07) is 4.69. The molecule has 5 rings (SSSR count). The highest BCUT2D eigenvalue weighted by Crippen LogP contribution is 2.33. The van der Waals surface area contributed by atoms with Crippen molar-refractivity contribution in [3.63, 3.8) is 0 Å². The van der Waals surface area contributed by atoms with Gasteiger partial charge in [0, 0.05) is 53.5 Å². The maximum absolute atomic E-state index is 13.6. The van der Waals surface area contributed by atoms with E-state index in [4.69, 9.17) is 16.3 Å². The number of anilines is 1. The molecule has 1 fully saturated rings. The van der Waals surface area contributed by atoms with Gasteiger partial charge in [-0.25, -0.2) is 4.98 Å². The van der Waals surface area contributed by atoms with E-state index in [2.05, 4.69) is 30.6 Å². The van der Waals surface area contributed by atoms with Gasteiger partial charge in [0.1, 0.15) is 11.7 Å². The number of benzene rings is 1. The first-order valence-corrected chi connectivity index (χ1v) is 12.4. The number of morpholine rings is 1. The van der Waals surface area contributed by atoms with E-state index in [0.29, 0.717) is 23.8 Å². The minimum atomic E-state index is -0.566. The fraction of sp³-hybridized carbons (Fsp3) is 0.346. The quantitative estimate of drug-likeness (QED) is 0.355. The van der Waals surface area contributed by atoms with Crippen LogP contribution in [0.4, 0.5) is 5.69 Å². The topological polar surface area (TPSA) is 125 Å². The third-order valence-electron chi connectivity index (χ3n) is 6.37. The number of nitrogens with one attached hydrogen (secondary N) is 3. The maximum Gasteiger partial charge on any atom is 0.271 e. The van der Waals surface area contributed by atoms with Crippen LogP contribution in [0.25, 0.3) is 21.8 Å². The first-order valence-electron chi connectivity index (χ1n) is 12.0. The van der Waals surface area contributed by atoms with Crippen molar-refractivity contribution in [3.05, 3.63) is 59.9 Å². The van der Waals surface area contributed by atoms with Crippen LogP contribution < -0.4 is 10.6 Å². The van der Waals surface area contributed by atoms with Gasteiger partial charge in [0.15, 0.2) is 0 Å². The Morgan fingerprint density at radius 2 is 2.03 bits per heavy atom. The third-order valence-corrected chi connectivity index (χ3v) is 6.59. The zero-order valence-electron chi connectivity index (χ0n) is 20.8. The molecule has 2 unspecified atom stereocenters. The Labute approximate surface area is 218 Å². The van der Waals surface area contributed by atoms with Gasteiger partial charge in [-0.2, -0.15) is 0 Å². The van der Waals surface area contributed by atoms with Crippen molar-refractivity contribution in [3.8, 4) is 0 Å². The average molecular weight is 522 g/mol. The van der Waals surface area contributed by atoms with Crippen LogP contribution in [0.1, 0.15) is 31.3 Å². The molecule has 2 atom stereocenters. The van der Waals surface area contributed by atoms with E-state index in [1.54, 1.807) is 18.5 Å². The van der Waals surface area contributed by atoms with Crippen LogP contribution in [-0.2, 0) is 9.53 Å². The van der Waals surface area contributed by atoms with Gasteiger partial charge in [-0.1, -0.05) is 11.6 Å². The van der Waals surface area contributed by atoms with E-state index in [1.165, 1.54) is 18.6 Å². The number of nitrogens with zero attached hydrogens (tertiary/aromatic N) is 4. The van der Waals surface area contributed by atoms with Crippen LogP contribution in [0.5, 0.6) is 0 Å². The van der Waals surface area contributed by atoms with Gasteiger partial charge in [0.25, 0.3) is 5.91 Å². The van der Waals surface area contributed by atoms with Crippen molar-refractivity contribution in [2.45, 2.75) is 38.5 Å². The molecule has 4 heterocycles. The van der Waals surface area contributed by atoms with E-state index in [0.717, 1.165) is 21.8 Å². The molecule has 0 bridgehead atoms. The number of H-pyrrole nitrogens is 1. The highest BCUT2D eigenvalue weighted by Gasteiger charge is 2.38. The number of carbonyl (C=O) groups excluding carboxylic acids is 2. The summed E-state index contributed by atoms with van der Waals surface area (Å²) in [6.07, 6.45) is 7.87. The van der Waals surface area contributed by atoms with Crippen molar-refractivity contribution in [2.75, 3.05) is 25.0 Å². The lowest BCUT2D eigenvalue weighted by atomic mass is 10.0. The molecule has 0 saturated carbocycles. The average Bonchev–Trinajstić information content (AvgIpc) is 3.23. The summed E-state index contributed by atoms with van der Waals surface area (Å²) in [4.78, 5) is 43.7. The van der Waals surface area contributed by atoms with E-state index < -0.39 is 11.6 Å². The molecule has 3 N–H and O–H groups in total. The summed E-state index contributed by atoms with van der Waals surface area (Å²) < 4.78 is 6.01. The third kappa shape index (κ3) is 5.41. The molecular formula is C26H28ClN7O3. The Hall–Kier alpha value is -3.60.